The predicted molar refractivity (Wildman–Crippen MR) is 27.9 cm³/mol. The Morgan fingerprint density at radius 2 is 0.833 bits per heavy atom. The van der Waals surface area contributed by atoms with Crippen molar-refractivity contribution in [3.8, 4) is 0 Å². The maximum absolute atomic E-state index is 7.23. The summed E-state index contributed by atoms with van der Waals surface area (Å²) in [5.74, 6) is 0. The monoisotopic (exact) mass is 98.0 g/mol. The van der Waals surface area contributed by atoms with Crippen molar-refractivity contribution in [3.63, 3.8) is 0 Å². The zero-order chi connectivity index (χ0) is 3.58. The Labute approximate surface area is 61.1 Å². The second-order valence-corrected chi connectivity index (χ2v) is 0.805. The molecular weight excluding hydrogens is 92.9 g/mol. The van der Waals surface area contributed by atoms with Gasteiger partial charge in [0.15, 0.2) is 0 Å². The molecule has 0 radical (unpaired) electrons. The standard InChI is InChI=1S/2Li.H3O3P.2H/c;;1-4(2)3;;/h;;1-3H;;. The fraction of sp³-hybridized carbons (Fsp3) is 0. The van der Waals surface area contributed by atoms with E-state index in [1.807, 2.05) is 0 Å². The Morgan fingerprint density at radius 1 is 0.833 bits per heavy atom. The summed E-state index contributed by atoms with van der Waals surface area (Å²) in [6, 6.07) is 0. The number of hydrogen-bond donors (Lipinski definition) is 3. The summed E-state index contributed by atoms with van der Waals surface area (Å²) < 4.78 is 0. The van der Waals surface area contributed by atoms with E-state index in [0.29, 0.717) is 0 Å². The second-order valence-electron chi connectivity index (χ2n) is 0.268. The molecular formula is H5Li2O3P. The summed E-state index contributed by atoms with van der Waals surface area (Å²) >= 11 is 0. The van der Waals surface area contributed by atoms with Crippen LogP contribution in [0, 0.1) is 0 Å². The molecule has 0 aliphatic rings. The van der Waals surface area contributed by atoms with Crippen molar-refractivity contribution in [3.05, 3.63) is 0 Å². The van der Waals surface area contributed by atoms with Gasteiger partial charge in [0.1, 0.15) is 0 Å². The summed E-state index contributed by atoms with van der Waals surface area (Å²) in [7, 11) is -2.62. The molecule has 0 rings (SSSR count). The molecule has 0 amide bonds. The van der Waals surface area contributed by atoms with Crippen LogP contribution in [0.1, 0.15) is 0 Å². The molecule has 0 unspecified atom stereocenters. The second kappa shape index (κ2) is 9.71. The van der Waals surface area contributed by atoms with E-state index in [1.54, 1.807) is 0 Å². The van der Waals surface area contributed by atoms with E-state index in [0.717, 1.165) is 0 Å². The van der Waals surface area contributed by atoms with Crippen molar-refractivity contribution in [1.82, 2.24) is 0 Å². The van der Waals surface area contributed by atoms with E-state index in [1.165, 1.54) is 0 Å². The zero-order valence-corrected chi connectivity index (χ0v) is 2.68. The van der Waals surface area contributed by atoms with Crippen LogP contribution in [0.5, 0.6) is 0 Å². The first kappa shape index (κ1) is 15.6. The molecule has 0 aliphatic heterocycles. The first-order valence-electron chi connectivity index (χ1n) is 0.600. The van der Waals surface area contributed by atoms with Crippen molar-refractivity contribution < 1.29 is 14.7 Å². The Balaban J connectivity index is -0.0000000450. The predicted octanol–water partition coefficient (Wildman–Crippen LogP) is -2.11. The minimum absolute atomic E-state index is 0. The number of hydrogen-bond acceptors (Lipinski definition) is 3. The first-order chi connectivity index (χ1) is 1.73. The first-order valence-corrected chi connectivity index (χ1v) is 1.80. The third-order valence-electron chi connectivity index (χ3n) is 0. The topological polar surface area (TPSA) is 60.7 Å². The van der Waals surface area contributed by atoms with Gasteiger partial charge in [0.05, 0.1) is 0 Å². The third-order valence-corrected chi connectivity index (χ3v) is 0. The van der Waals surface area contributed by atoms with Gasteiger partial charge in [0.2, 0.25) is 0 Å². The molecule has 0 atom stereocenters. The van der Waals surface area contributed by atoms with Gasteiger partial charge in [0, 0.05) is 0 Å². The van der Waals surface area contributed by atoms with Crippen molar-refractivity contribution in [1.29, 1.82) is 0 Å². The van der Waals surface area contributed by atoms with E-state index < -0.39 is 8.60 Å². The molecule has 0 saturated heterocycles. The van der Waals surface area contributed by atoms with E-state index in [4.69, 9.17) is 14.7 Å². The van der Waals surface area contributed by atoms with Gasteiger partial charge in [-0.25, -0.2) is 0 Å². The molecule has 3 nitrogen and oxygen atoms in total. The van der Waals surface area contributed by atoms with E-state index in [9.17, 15) is 0 Å². The summed E-state index contributed by atoms with van der Waals surface area (Å²) in [5, 5.41) is 0. The van der Waals surface area contributed by atoms with Crippen LogP contribution in [-0.4, -0.2) is 52.4 Å². The van der Waals surface area contributed by atoms with Gasteiger partial charge in [-0.05, 0) is 0 Å². The molecule has 30 valence electrons. The van der Waals surface area contributed by atoms with Crippen LogP contribution in [0.3, 0.4) is 0 Å². The normalized spacial score (nSPS) is 6.00. The fourth-order valence-electron chi connectivity index (χ4n) is 0. The SMILES string of the molecule is OP(O)O.[LiH].[LiH]. The summed E-state index contributed by atoms with van der Waals surface area (Å²) in [6.45, 7) is 0. The summed E-state index contributed by atoms with van der Waals surface area (Å²) in [6.07, 6.45) is 0. The Kier molecular flexibility index (Phi) is 25.3. The third kappa shape index (κ3) is 49.3. The fourth-order valence-corrected chi connectivity index (χ4v) is 0. The molecule has 6 heteroatoms. The zero-order valence-electron chi connectivity index (χ0n) is 1.79. The molecule has 0 aromatic heterocycles. The molecule has 6 heavy (non-hydrogen) atoms. The van der Waals surface area contributed by atoms with Gasteiger partial charge in [-0.3, -0.25) is 0 Å². The van der Waals surface area contributed by atoms with E-state index >= 15 is 0 Å². The molecule has 0 fully saturated rings. The molecule has 0 aromatic carbocycles. The van der Waals surface area contributed by atoms with Crippen LogP contribution in [0.25, 0.3) is 0 Å². The van der Waals surface area contributed by atoms with Crippen LogP contribution in [0.2, 0.25) is 0 Å². The van der Waals surface area contributed by atoms with Gasteiger partial charge in [0.25, 0.3) is 0 Å². The van der Waals surface area contributed by atoms with E-state index in [-0.39, 0.29) is 37.7 Å². The van der Waals surface area contributed by atoms with Crippen LogP contribution < -0.4 is 0 Å². The van der Waals surface area contributed by atoms with Crippen LogP contribution in [-0.2, 0) is 0 Å². The van der Waals surface area contributed by atoms with Crippen molar-refractivity contribution in [2.45, 2.75) is 0 Å². The van der Waals surface area contributed by atoms with Gasteiger partial charge in [-0.15, -0.1) is 0 Å². The van der Waals surface area contributed by atoms with Gasteiger partial charge in [-0.2, -0.15) is 0 Å². The van der Waals surface area contributed by atoms with Crippen LogP contribution in [0.15, 0.2) is 0 Å². The van der Waals surface area contributed by atoms with Crippen molar-refractivity contribution >= 4 is 46.3 Å². The van der Waals surface area contributed by atoms with Crippen LogP contribution >= 0.6 is 8.60 Å². The quantitative estimate of drug-likeness (QED) is 0.240. The van der Waals surface area contributed by atoms with E-state index in [2.05, 4.69) is 0 Å². The van der Waals surface area contributed by atoms with Gasteiger partial charge < -0.3 is 14.7 Å². The Bertz CT molecular complexity index is 13.5. The molecule has 3 N–H and O–H groups in total. The minimum atomic E-state index is -2.62. The molecule has 0 heterocycles. The molecule has 0 saturated carbocycles. The average molecular weight is 97.9 g/mol. The number of rotatable bonds is 0. The molecule has 0 aliphatic carbocycles. The summed E-state index contributed by atoms with van der Waals surface area (Å²) in [4.78, 5) is 21.7. The molecule has 0 aromatic rings. The van der Waals surface area contributed by atoms with Gasteiger partial charge in [-0.1, -0.05) is 0 Å². The molecule has 0 bridgehead atoms. The molecule has 0 spiro atoms. The van der Waals surface area contributed by atoms with Crippen LogP contribution in [0.4, 0.5) is 0 Å². The maximum atomic E-state index is 7.23. The average Bonchev–Trinajstić information content (AvgIpc) is 0.811. The Hall–Kier alpha value is 1.50. The van der Waals surface area contributed by atoms with Crippen molar-refractivity contribution in [2.75, 3.05) is 0 Å². The van der Waals surface area contributed by atoms with Crippen molar-refractivity contribution in [2.24, 2.45) is 0 Å². The summed E-state index contributed by atoms with van der Waals surface area (Å²) in [5.41, 5.74) is 0. The van der Waals surface area contributed by atoms with Gasteiger partial charge >= 0.3 is 46.3 Å². The Morgan fingerprint density at radius 3 is 0.833 bits per heavy atom.